The van der Waals surface area contributed by atoms with Crippen molar-refractivity contribution in [1.29, 1.82) is 0 Å². The smallest absolute Gasteiger partial charge is 2.00 e. The Bertz CT molecular complexity index is 10.1. The summed E-state index contributed by atoms with van der Waals surface area (Å²) in [5.74, 6) is 0. The minimum Gasteiger partial charge on any atom is 2.00 e. The van der Waals surface area contributed by atoms with E-state index in [1.807, 2.05) is 0 Å². The van der Waals surface area contributed by atoms with E-state index in [0.29, 0.717) is 0 Å². The molecule has 0 aliphatic carbocycles. The zero-order valence-electron chi connectivity index (χ0n) is 2.70. The van der Waals surface area contributed by atoms with Crippen molar-refractivity contribution < 1.29 is 58.4 Å². The molecule has 7 heteroatoms. The van der Waals surface area contributed by atoms with E-state index in [9.17, 15) is 0 Å². The molecular formula is H18AlSb3Zn3. The van der Waals surface area contributed by atoms with E-state index in [1.165, 1.54) is 0 Å². The van der Waals surface area contributed by atoms with Crippen molar-refractivity contribution in [3.05, 3.63) is 0 Å². The van der Waals surface area contributed by atoms with Crippen LogP contribution in [-0.2, 0) is 58.4 Å². The topological polar surface area (TPSA) is 0 Å². The fourth-order valence-corrected chi connectivity index (χ4v) is 0. The Labute approximate surface area is 146 Å². The molecular weight excluding hydrogens is 588 g/mol. The van der Waals surface area contributed by atoms with Gasteiger partial charge in [-0.3, -0.25) is 0 Å². The van der Waals surface area contributed by atoms with Crippen molar-refractivity contribution in [2.24, 2.45) is 0 Å². The predicted molar refractivity (Wildman–Crippen MR) is 48.1 cm³/mol. The summed E-state index contributed by atoms with van der Waals surface area (Å²) in [6, 6.07) is 0. The first-order valence-electron chi connectivity index (χ1n) is 0. The van der Waals surface area contributed by atoms with E-state index in [2.05, 4.69) is 0 Å². The van der Waals surface area contributed by atoms with Gasteiger partial charge < -0.3 is 0 Å². The molecule has 0 aromatic carbocycles. The molecule has 0 unspecified atom stereocenters. The van der Waals surface area contributed by atoms with Gasteiger partial charge in [0.2, 0.25) is 0 Å². The van der Waals surface area contributed by atoms with E-state index in [0.717, 1.165) is 0 Å². The molecule has 0 spiro atoms. The normalized spacial score (nSPS) is 0. The van der Waals surface area contributed by atoms with E-state index < -0.39 is 0 Å². The summed E-state index contributed by atoms with van der Waals surface area (Å²) in [7, 11) is 0. The maximum absolute atomic E-state index is 0. The van der Waals surface area contributed by atoms with Crippen LogP contribution in [0.15, 0.2) is 0 Å². The van der Waals surface area contributed by atoms with Crippen LogP contribution in [0.1, 0.15) is 0 Å². The summed E-state index contributed by atoms with van der Waals surface area (Å²) >= 11 is 0. The van der Waals surface area contributed by atoms with Crippen LogP contribution < -0.4 is 0 Å². The van der Waals surface area contributed by atoms with Crippen LogP contribution in [0.4, 0.5) is 0 Å². The third-order valence-electron chi connectivity index (χ3n) is 0. The van der Waals surface area contributed by atoms with Gasteiger partial charge in [-0.05, 0) is 0 Å². The average Bonchev–Trinajstić information content (AvgIpc) is 0. The molecule has 0 bridgehead atoms. The molecule has 0 atom stereocenters. The Morgan fingerprint density at radius 2 is 0.429 bits per heavy atom. The maximum atomic E-state index is 0. The quantitative estimate of drug-likeness (QED) is 0.241. The van der Waals surface area contributed by atoms with E-state index in [1.54, 1.807) is 0 Å². The van der Waals surface area contributed by atoms with Gasteiger partial charge in [-0.25, -0.2) is 0 Å². The second-order valence-corrected chi connectivity index (χ2v) is 0. The van der Waals surface area contributed by atoms with Gasteiger partial charge in [-0.2, -0.15) is 0 Å². The van der Waals surface area contributed by atoms with Gasteiger partial charge in [0.15, 0.2) is 0 Å². The monoisotopic (exact) mass is 600 g/mol. The van der Waals surface area contributed by atoms with Gasteiger partial charge in [0, 0.05) is 0 Å². The van der Waals surface area contributed by atoms with Crippen LogP contribution in [-0.4, -0.2) is 90.6 Å². The second-order valence-electron chi connectivity index (χ2n) is 0. The minimum absolute atomic E-state index is 0. The van der Waals surface area contributed by atoms with Crippen molar-refractivity contribution in [2.45, 2.75) is 0 Å². The molecule has 0 N–H and O–H groups in total. The Balaban J connectivity index is 0. The van der Waals surface area contributed by atoms with Crippen molar-refractivity contribution in [3.8, 4) is 0 Å². The third-order valence-corrected chi connectivity index (χ3v) is 0. The first-order chi connectivity index (χ1) is 0. The Morgan fingerprint density at radius 1 is 0.429 bits per heavy atom. The molecule has 0 amide bonds. The molecule has 0 saturated carbocycles. The largest absolute Gasteiger partial charge is 2.00 e. The molecule has 0 aromatic rings. The molecule has 42 valence electrons. The number of hydrogen-bond donors (Lipinski definition) is 0. The predicted octanol–water partition coefficient (Wildman–Crippen LogP) is -6.35. The standard InChI is InChI=1S/Al.3Sb.3Zn.18H/q+3;3*-3;3*+2;;;;;;;;;;;;;;;;;;. The zero-order valence-corrected chi connectivity index (χ0v) is 12.8. The molecule has 0 fully saturated rings. The zero-order chi connectivity index (χ0) is 0. The molecule has 7 heavy (non-hydrogen) atoms. The SMILES string of the molecule is [Al+3].[SbH6-3].[SbH6-3].[SbH6-3].[Zn+2].[Zn+2].[Zn+2]. The van der Waals surface area contributed by atoms with Crippen molar-refractivity contribution in [2.75, 3.05) is 0 Å². The van der Waals surface area contributed by atoms with Crippen molar-refractivity contribution >= 4 is 90.6 Å². The average molecular weight is 607 g/mol. The third kappa shape index (κ3) is 36.1. The van der Waals surface area contributed by atoms with E-state index >= 15 is 0 Å². The van der Waals surface area contributed by atoms with Gasteiger partial charge in [0.25, 0.3) is 0 Å². The van der Waals surface area contributed by atoms with Crippen LogP contribution in [0.2, 0.25) is 0 Å². The van der Waals surface area contributed by atoms with Crippen LogP contribution in [0.3, 0.4) is 0 Å². The maximum Gasteiger partial charge on any atom is 2.00 e. The van der Waals surface area contributed by atoms with Crippen LogP contribution in [0.25, 0.3) is 0 Å². The Kier molecular flexibility index (Phi) is 378. The van der Waals surface area contributed by atoms with Gasteiger partial charge in [0.1, 0.15) is 0 Å². The molecule has 0 heterocycles. The molecule has 0 rings (SSSR count). The molecule has 0 aromatic heterocycles. The van der Waals surface area contributed by atoms with Gasteiger partial charge >= 0.3 is 149 Å². The fraction of sp³-hybridized carbons (Fsp3) is 0. The second kappa shape index (κ2) is 44.7. The molecule has 0 aliphatic heterocycles. The van der Waals surface area contributed by atoms with Gasteiger partial charge in [-0.15, -0.1) is 0 Å². The summed E-state index contributed by atoms with van der Waals surface area (Å²) in [4.78, 5) is 0. The van der Waals surface area contributed by atoms with Crippen molar-refractivity contribution in [1.82, 2.24) is 0 Å². The summed E-state index contributed by atoms with van der Waals surface area (Å²) in [6.07, 6.45) is 0. The van der Waals surface area contributed by atoms with Crippen LogP contribution >= 0.6 is 0 Å². The number of rotatable bonds is 0. The first kappa shape index (κ1) is 59.2. The Morgan fingerprint density at radius 3 is 0.429 bits per heavy atom. The summed E-state index contributed by atoms with van der Waals surface area (Å²) in [5, 5.41) is 0. The Hall–Kier alpha value is 4.86. The van der Waals surface area contributed by atoms with E-state index in [-0.39, 0.29) is 149 Å². The number of hydrogen-bond acceptors (Lipinski definition) is 0. The van der Waals surface area contributed by atoms with Crippen molar-refractivity contribution in [3.63, 3.8) is 0 Å². The van der Waals surface area contributed by atoms with Crippen LogP contribution in [0, 0.1) is 0 Å². The fourth-order valence-electron chi connectivity index (χ4n) is 0. The summed E-state index contributed by atoms with van der Waals surface area (Å²) < 4.78 is 0. The van der Waals surface area contributed by atoms with Gasteiger partial charge in [0.05, 0.1) is 0 Å². The molecule has 0 radical (unpaired) electrons. The minimum atomic E-state index is 0. The summed E-state index contributed by atoms with van der Waals surface area (Å²) in [6.45, 7) is 0. The molecule has 0 saturated heterocycles. The first-order valence-corrected chi connectivity index (χ1v) is 0. The van der Waals surface area contributed by atoms with Gasteiger partial charge in [-0.1, -0.05) is 0 Å². The van der Waals surface area contributed by atoms with E-state index in [4.69, 9.17) is 0 Å². The van der Waals surface area contributed by atoms with Crippen LogP contribution in [0.5, 0.6) is 0 Å². The molecule has 0 nitrogen and oxygen atoms in total. The molecule has 0 aliphatic rings. The summed E-state index contributed by atoms with van der Waals surface area (Å²) in [5.41, 5.74) is 0.